The topological polar surface area (TPSA) is 101 Å². The SMILES string of the molecule is NCC1CCN(c2nccc(C=C3SC(=O)NC3=O)n2)CC1. The van der Waals surface area contributed by atoms with Crippen LogP contribution in [0.5, 0.6) is 0 Å². The average molecular weight is 319 g/mol. The average Bonchev–Trinajstić information content (AvgIpc) is 2.85. The van der Waals surface area contributed by atoms with Crippen molar-refractivity contribution in [2.45, 2.75) is 12.8 Å². The third-order valence-corrected chi connectivity index (χ3v) is 4.63. The highest BCUT2D eigenvalue weighted by Gasteiger charge is 2.25. The molecular weight excluding hydrogens is 302 g/mol. The zero-order valence-corrected chi connectivity index (χ0v) is 12.8. The van der Waals surface area contributed by atoms with Gasteiger partial charge in [-0.3, -0.25) is 14.9 Å². The molecule has 1 aromatic rings. The van der Waals surface area contributed by atoms with Crippen molar-refractivity contribution in [3.8, 4) is 0 Å². The van der Waals surface area contributed by atoms with Gasteiger partial charge < -0.3 is 10.6 Å². The number of nitrogens with one attached hydrogen (secondary N) is 1. The standard InChI is InChI=1S/C14H17N5O2S/c15-8-9-2-5-19(6-3-9)13-16-4-1-10(17-13)7-11-12(20)18-14(21)22-11/h1,4,7,9H,2-3,5-6,8,15H2,(H,18,20,21). The number of amides is 2. The summed E-state index contributed by atoms with van der Waals surface area (Å²) >= 11 is 0.887. The Hall–Kier alpha value is -1.93. The second kappa shape index (κ2) is 6.45. The number of thioether (sulfide) groups is 1. The summed E-state index contributed by atoms with van der Waals surface area (Å²) in [6.45, 7) is 2.49. The summed E-state index contributed by atoms with van der Waals surface area (Å²) in [7, 11) is 0. The van der Waals surface area contributed by atoms with Crippen LogP contribution in [-0.4, -0.2) is 40.7 Å². The molecule has 0 spiro atoms. The molecule has 1 aromatic heterocycles. The van der Waals surface area contributed by atoms with E-state index in [1.807, 2.05) is 0 Å². The van der Waals surface area contributed by atoms with E-state index >= 15 is 0 Å². The summed E-state index contributed by atoms with van der Waals surface area (Å²) in [4.78, 5) is 34.0. The molecule has 3 rings (SSSR count). The molecular formula is C14H17N5O2S. The monoisotopic (exact) mass is 319 g/mol. The van der Waals surface area contributed by atoms with Gasteiger partial charge in [-0.2, -0.15) is 0 Å². The highest BCUT2D eigenvalue weighted by molar-refractivity contribution is 8.18. The zero-order chi connectivity index (χ0) is 15.5. The van der Waals surface area contributed by atoms with Crippen molar-refractivity contribution in [1.82, 2.24) is 15.3 Å². The second-order valence-electron chi connectivity index (χ2n) is 5.30. The molecule has 2 aliphatic heterocycles. The number of carbonyl (C=O) groups excluding carboxylic acids is 2. The highest BCUT2D eigenvalue weighted by atomic mass is 32.2. The van der Waals surface area contributed by atoms with Crippen molar-refractivity contribution in [2.75, 3.05) is 24.5 Å². The molecule has 0 aliphatic carbocycles. The molecule has 0 atom stereocenters. The minimum Gasteiger partial charge on any atom is -0.341 e. The number of imide groups is 1. The largest absolute Gasteiger partial charge is 0.341 e. The minimum absolute atomic E-state index is 0.352. The fourth-order valence-corrected chi connectivity index (χ4v) is 3.19. The first kappa shape index (κ1) is 15.0. The van der Waals surface area contributed by atoms with Crippen molar-refractivity contribution in [1.29, 1.82) is 0 Å². The molecule has 22 heavy (non-hydrogen) atoms. The number of carbonyl (C=O) groups is 2. The van der Waals surface area contributed by atoms with Crippen molar-refractivity contribution in [2.24, 2.45) is 11.7 Å². The van der Waals surface area contributed by atoms with Gasteiger partial charge in [0, 0.05) is 19.3 Å². The number of piperidine rings is 1. The van der Waals surface area contributed by atoms with Gasteiger partial charge in [0.25, 0.3) is 11.1 Å². The number of anilines is 1. The summed E-state index contributed by atoms with van der Waals surface area (Å²) in [6.07, 6.45) is 5.36. The second-order valence-corrected chi connectivity index (χ2v) is 6.31. The van der Waals surface area contributed by atoms with E-state index in [-0.39, 0.29) is 11.1 Å². The van der Waals surface area contributed by atoms with E-state index in [0.717, 1.165) is 44.2 Å². The van der Waals surface area contributed by atoms with E-state index in [1.54, 1.807) is 18.3 Å². The van der Waals surface area contributed by atoms with E-state index in [1.165, 1.54) is 0 Å². The Bertz CT molecular complexity index is 625. The summed E-state index contributed by atoms with van der Waals surface area (Å²) in [6, 6.07) is 1.72. The van der Waals surface area contributed by atoms with Crippen LogP contribution in [0.4, 0.5) is 10.7 Å². The Balaban J connectivity index is 1.75. The lowest BCUT2D eigenvalue weighted by Crippen LogP contribution is -2.37. The number of hydrogen-bond acceptors (Lipinski definition) is 7. The summed E-state index contributed by atoms with van der Waals surface area (Å²) in [5.41, 5.74) is 6.33. The van der Waals surface area contributed by atoms with Crippen LogP contribution in [0.2, 0.25) is 0 Å². The molecule has 0 saturated carbocycles. The lowest BCUT2D eigenvalue weighted by atomic mass is 9.97. The number of aromatic nitrogens is 2. The van der Waals surface area contributed by atoms with E-state index in [0.29, 0.717) is 22.5 Å². The van der Waals surface area contributed by atoms with Crippen molar-refractivity contribution >= 4 is 34.9 Å². The Labute approximate surface area is 132 Å². The van der Waals surface area contributed by atoms with Gasteiger partial charge >= 0.3 is 0 Å². The first-order valence-electron chi connectivity index (χ1n) is 7.18. The third kappa shape index (κ3) is 3.28. The summed E-state index contributed by atoms with van der Waals surface area (Å²) in [5.74, 6) is 0.852. The fraction of sp³-hybridized carbons (Fsp3) is 0.429. The van der Waals surface area contributed by atoms with Crippen LogP contribution in [0, 0.1) is 5.92 Å². The molecule has 0 unspecified atom stereocenters. The molecule has 0 bridgehead atoms. The van der Waals surface area contributed by atoms with E-state index in [2.05, 4.69) is 20.2 Å². The van der Waals surface area contributed by atoms with Gasteiger partial charge in [0.2, 0.25) is 5.95 Å². The molecule has 7 nitrogen and oxygen atoms in total. The molecule has 3 N–H and O–H groups in total. The summed E-state index contributed by atoms with van der Waals surface area (Å²) in [5, 5.41) is 1.88. The Morgan fingerprint density at radius 2 is 2.18 bits per heavy atom. The maximum Gasteiger partial charge on any atom is 0.290 e. The van der Waals surface area contributed by atoms with Crippen molar-refractivity contribution in [3.63, 3.8) is 0 Å². The molecule has 2 amide bonds. The van der Waals surface area contributed by atoms with Gasteiger partial charge in [-0.05, 0) is 49.2 Å². The number of hydrogen-bond donors (Lipinski definition) is 2. The van der Waals surface area contributed by atoms with E-state index in [9.17, 15) is 9.59 Å². The normalized spacial score (nSPS) is 21.5. The van der Waals surface area contributed by atoms with Gasteiger partial charge in [0.05, 0.1) is 10.6 Å². The first-order valence-corrected chi connectivity index (χ1v) is 8.00. The van der Waals surface area contributed by atoms with Crippen molar-refractivity contribution in [3.05, 3.63) is 22.9 Å². The Morgan fingerprint density at radius 1 is 1.41 bits per heavy atom. The van der Waals surface area contributed by atoms with Crippen molar-refractivity contribution < 1.29 is 9.59 Å². The molecule has 116 valence electrons. The maximum atomic E-state index is 11.6. The van der Waals surface area contributed by atoms with E-state index < -0.39 is 0 Å². The minimum atomic E-state index is -0.376. The first-order chi connectivity index (χ1) is 10.7. The van der Waals surface area contributed by atoms with Gasteiger partial charge in [0.1, 0.15) is 0 Å². The molecule has 0 aromatic carbocycles. The van der Waals surface area contributed by atoms with Crippen LogP contribution in [0.1, 0.15) is 18.5 Å². The molecule has 2 fully saturated rings. The fourth-order valence-electron chi connectivity index (χ4n) is 2.52. The lowest BCUT2D eigenvalue weighted by molar-refractivity contribution is -0.115. The third-order valence-electron chi connectivity index (χ3n) is 3.82. The number of nitrogens with two attached hydrogens (primary N) is 1. The quantitative estimate of drug-likeness (QED) is 0.801. The number of nitrogens with zero attached hydrogens (tertiary/aromatic N) is 3. The maximum absolute atomic E-state index is 11.6. The van der Waals surface area contributed by atoms with Gasteiger partial charge in [-0.25, -0.2) is 9.97 Å². The Morgan fingerprint density at radius 3 is 2.82 bits per heavy atom. The predicted octanol–water partition coefficient (Wildman–Crippen LogP) is 0.976. The smallest absolute Gasteiger partial charge is 0.290 e. The molecule has 0 radical (unpaired) electrons. The van der Waals surface area contributed by atoms with Crippen LogP contribution in [-0.2, 0) is 4.79 Å². The van der Waals surface area contributed by atoms with Crippen LogP contribution in [0.15, 0.2) is 17.2 Å². The molecule has 2 aliphatic rings. The molecule has 3 heterocycles. The lowest BCUT2D eigenvalue weighted by Gasteiger charge is -2.31. The van der Waals surface area contributed by atoms with Gasteiger partial charge in [-0.1, -0.05) is 0 Å². The van der Waals surface area contributed by atoms with Crippen LogP contribution >= 0.6 is 11.8 Å². The zero-order valence-electron chi connectivity index (χ0n) is 12.0. The van der Waals surface area contributed by atoms with Crippen LogP contribution in [0.3, 0.4) is 0 Å². The predicted molar refractivity (Wildman–Crippen MR) is 85.1 cm³/mol. The highest BCUT2D eigenvalue weighted by Crippen LogP contribution is 2.25. The summed E-state index contributed by atoms with van der Waals surface area (Å²) < 4.78 is 0. The van der Waals surface area contributed by atoms with Gasteiger partial charge in [0.15, 0.2) is 0 Å². The molecule has 2 saturated heterocycles. The van der Waals surface area contributed by atoms with E-state index in [4.69, 9.17) is 5.73 Å². The Kier molecular flexibility index (Phi) is 4.39. The molecule has 8 heteroatoms. The van der Waals surface area contributed by atoms with Crippen LogP contribution < -0.4 is 16.0 Å². The van der Waals surface area contributed by atoms with Crippen LogP contribution in [0.25, 0.3) is 6.08 Å². The van der Waals surface area contributed by atoms with Gasteiger partial charge in [-0.15, -0.1) is 0 Å². The number of rotatable bonds is 3.